The average molecular weight is 643 g/mol. The highest BCUT2D eigenvalue weighted by Gasteiger charge is 2.30. The molecule has 0 spiro atoms. The number of carbonyl (C=O) groups excluding carboxylic acids is 1. The average Bonchev–Trinajstić information content (AvgIpc) is 3.63. The van der Waals surface area contributed by atoms with Crippen LogP contribution in [-0.2, 0) is 4.79 Å². The van der Waals surface area contributed by atoms with E-state index in [-0.39, 0.29) is 35.1 Å². The summed E-state index contributed by atoms with van der Waals surface area (Å²) in [6.45, 7) is -1.58. The van der Waals surface area contributed by atoms with E-state index in [1.165, 1.54) is 34.8 Å². The van der Waals surface area contributed by atoms with Gasteiger partial charge in [-0.15, -0.1) is 5.10 Å². The molecule has 2 bridgehead atoms. The lowest BCUT2D eigenvalue weighted by atomic mass is 9.93. The molecule has 3 aromatic heterocycles. The third-order valence-corrected chi connectivity index (χ3v) is 7.98. The first-order chi connectivity index (χ1) is 21.1. The van der Waals surface area contributed by atoms with Crippen molar-refractivity contribution >= 4 is 34.8 Å². The number of hydrogen-bond donors (Lipinski definition) is 1. The van der Waals surface area contributed by atoms with Gasteiger partial charge in [0, 0.05) is 22.2 Å². The minimum atomic E-state index is -3.00. The van der Waals surface area contributed by atoms with Gasteiger partial charge < -0.3 is 5.32 Å². The highest BCUT2D eigenvalue weighted by Crippen LogP contribution is 2.36. The van der Waals surface area contributed by atoms with Crippen LogP contribution in [-0.4, -0.2) is 46.4 Å². The molecular formula is C29H23Cl2F3N8O2. The monoisotopic (exact) mass is 642 g/mol. The first kappa shape index (κ1) is 29.6. The Labute approximate surface area is 258 Å². The van der Waals surface area contributed by atoms with E-state index in [1.807, 2.05) is 0 Å². The van der Waals surface area contributed by atoms with Gasteiger partial charge in [-0.05, 0) is 42.7 Å². The third kappa shape index (κ3) is 5.60. The quantitative estimate of drug-likeness (QED) is 0.244. The number of alkyl halides is 3. The Bertz CT molecular complexity index is 1920. The SMILES string of the molecule is C[C@H]1C(=O)Nc2cnn(C(F)F)c2-c2cccc(c2)[C@@H](n2cnc(-c3cc(Cl)ccc3-n3cc(Cl)nn3)cc2=O)CCC1F. The molecule has 1 aliphatic heterocycles. The van der Waals surface area contributed by atoms with Crippen LogP contribution in [0.25, 0.3) is 28.2 Å². The van der Waals surface area contributed by atoms with Gasteiger partial charge in [-0.25, -0.2) is 18.7 Å². The number of amides is 1. The second-order valence-corrected chi connectivity index (χ2v) is 11.1. The van der Waals surface area contributed by atoms with Crippen molar-refractivity contribution in [3.05, 3.63) is 93.3 Å². The first-order valence-corrected chi connectivity index (χ1v) is 14.2. The van der Waals surface area contributed by atoms with Crippen LogP contribution in [0.2, 0.25) is 10.2 Å². The van der Waals surface area contributed by atoms with Crippen molar-refractivity contribution in [3.8, 4) is 28.2 Å². The summed E-state index contributed by atoms with van der Waals surface area (Å²) >= 11 is 12.2. The molecule has 44 heavy (non-hydrogen) atoms. The molecule has 1 amide bonds. The number of benzene rings is 2. The fraction of sp³-hybridized carbons (Fsp3) is 0.241. The summed E-state index contributed by atoms with van der Waals surface area (Å²) in [4.78, 5) is 31.1. The molecule has 3 atom stereocenters. The minimum Gasteiger partial charge on any atom is -0.323 e. The van der Waals surface area contributed by atoms with E-state index < -0.39 is 36.1 Å². The maximum atomic E-state index is 15.4. The zero-order valence-electron chi connectivity index (χ0n) is 22.9. The van der Waals surface area contributed by atoms with Crippen molar-refractivity contribution in [1.29, 1.82) is 0 Å². The molecule has 15 heteroatoms. The predicted molar refractivity (Wildman–Crippen MR) is 158 cm³/mol. The Balaban J connectivity index is 1.46. The summed E-state index contributed by atoms with van der Waals surface area (Å²) in [6, 6.07) is 12.1. The Morgan fingerprint density at radius 2 is 1.89 bits per heavy atom. The highest BCUT2D eigenvalue weighted by molar-refractivity contribution is 6.31. The number of nitrogens with one attached hydrogen (secondary N) is 1. The van der Waals surface area contributed by atoms with E-state index in [0.717, 1.165) is 6.20 Å². The lowest BCUT2D eigenvalue weighted by molar-refractivity contribution is -0.121. The molecule has 1 aliphatic rings. The number of hydrogen-bond acceptors (Lipinski definition) is 6. The Hall–Kier alpha value is -4.49. The second kappa shape index (κ2) is 11.9. The number of nitrogens with zero attached hydrogens (tertiary/aromatic N) is 7. The lowest BCUT2D eigenvalue weighted by Gasteiger charge is -2.24. The van der Waals surface area contributed by atoms with Crippen molar-refractivity contribution in [2.45, 2.75) is 38.5 Å². The van der Waals surface area contributed by atoms with Gasteiger partial charge in [0.2, 0.25) is 5.91 Å². The maximum absolute atomic E-state index is 15.4. The van der Waals surface area contributed by atoms with Crippen molar-refractivity contribution in [1.82, 2.24) is 34.3 Å². The van der Waals surface area contributed by atoms with Gasteiger partial charge in [-0.2, -0.15) is 13.9 Å². The minimum absolute atomic E-state index is 0.0257. The number of anilines is 1. The van der Waals surface area contributed by atoms with Crippen molar-refractivity contribution in [2.75, 3.05) is 5.32 Å². The molecule has 10 nitrogen and oxygen atoms in total. The molecule has 1 unspecified atom stereocenters. The number of rotatable bonds is 4. The molecule has 0 radical (unpaired) electrons. The molecule has 6 rings (SSSR count). The number of halogens is 5. The van der Waals surface area contributed by atoms with Crippen LogP contribution in [0.3, 0.4) is 0 Å². The number of carbonyl (C=O) groups is 1. The Morgan fingerprint density at radius 1 is 1.07 bits per heavy atom. The summed E-state index contributed by atoms with van der Waals surface area (Å²) in [5.41, 5.74) is 1.71. The summed E-state index contributed by atoms with van der Waals surface area (Å²) in [5.74, 6) is -1.77. The molecule has 2 aromatic carbocycles. The van der Waals surface area contributed by atoms with E-state index in [0.29, 0.717) is 32.1 Å². The first-order valence-electron chi connectivity index (χ1n) is 13.5. The van der Waals surface area contributed by atoms with E-state index in [2.05, 4.69) is 25.7 Å². The van der Waals surface area contributed by atoms with Gasteiger partial charge in [0.1, 0.15) is 6.17 Å². The third-order valence-electron chi connectivity index (χ3n) is 7.57. The number of fused-ring (bicyclic) bond motifs is 4. The molecule has 0 aliphatic carbocycles. The summed E-state index contributed by atoms with van der Waals surface area (Å²) in [6.07, 6.45) is 2.42. The van der Waals surface area contributed by atoms with Crippen LogP contribution in [0.5, 0.6) is 0 Å². The normalized spacial score (nSPS) is 18.8. The molecule has 1 N–H and O–H groups in total. The molecule has 226 valence electrons. The van der Waals surface area contributed by atoms with E-state index in [4.69, 9.17) is 23.2 Å². The van der Waals surface area contributed by atoms with Crippen LogP contribution < -0.4 is 10.9 Å². The summed E-state index contributed by atoms with van der Waals surface area (Å²) < 4.78 is 46.5. The van der Waals surface area contributed by atoms with Crippen LogP contribution in [0.1, 0.15) is 37.9 Å². The van der Waals surface area contributed by atoms with E-state index in [1.54, 1.807) is 42.5 Å². The van der Waals surface area contributed by atoms with Crippen LogP contribution in [0.4, 0.5) is 18.9 Å². The van der Waals surface area contributed by atoms with Crippen molar-refractivity contribution in [2.24, 2.45) is 5.92 Å². The highest BCUT2D eigenvalue weighted by atomic mass is 35.5. The van der Waals surface area contributed by atoms with Gasteiger partial charge in [-0.3, -0.25) is 14.2 Å². The van der Waals surface area contributed by atoms with Crippen LogP contribution in [0.15, 0.2) is 72.0 Å². The van der Waals surface area contributed by atoms with Gasteiger partial charge in [0.15, 0.2) is 5.15 Å². The lowest BCUT2D eigenvalue weighted by Crippen LogP contribution is -2.30. The Kier molecular flexibility index (Phi) is 7.99. The van der Waals surface area contributed by atoms with Gasteiger partial charge in [0.05, 0.1) is 53.4 Å². The molecule has 0 fully saturated rings. The topological polar surface area (TPSA) is 113 Å². The predicted octanol–water partition coefficient (Wildman–Crippen LogP) is 6.35. The second-order valence-electron chi connectivity index (χ2n) is 10.3. The zero-order chi connectivity index (χ0) is 31.1. The van der Waals surface area contributed by atoms with E-state index >= 15 is 4.39 Å². The van der Waals surface area contributed by atoms with E-state index in [9.17, 15) is 18.4 Å². The molecule has 0 saturated heterocycles. The van der Waals surface area contributed by atoms with Gasteiger partial charge in [0.25, 0.3) is 5.56 Å². The fourth-order valence-electron chi connectivity index (χ4n) is 5.29. The fourth-order valence-corrected chi connectivity index (χ4v) is 5.59. The Morgan fingerprint density at radius 3 is 2.61 bits per heavy atom. The summed E-state index contributed by atoms with van der Waals surface area (Å²) in [7, 11) is 0. The largest absolute Gasteiger partial charge is 0.333 e. The summed E-state index contributed by atoms with van der Waals surface area (Å²) in [5, 5.41) is 14.7. The smallest absolute Gasteiger partial charge is 0.323 e. The standard InChI is InChI=1S/C29H23Cl2F3N8O2/c1-15-20(32)6-8-23(16-3-2-4-17(9-16)27-22(37-28(15)44)12-36-42(27)29(33)34)40-14-35-21(11-26(40)43)19-10-18(30)5-7-24(19)41-13-25(31)38-39-41/h2-5,7,9-15,20,23,29H,6,8H2,1H3,(H,37,44)/t15-,20?,23+/m1/s1. The van der Waals surface area contributed by atoms with Crippen LogP contribution >= 0.6 is 23.2 Å². The molecule has 0 saturated carbocycles. The van der Waals surface area contributed by atoms with Crippen molar-refractivity contribution < 1.29 is 18.0 Å². The molecule has 4 heterocycles. The van der Waals surface area contributed by atoms with Gasteiger partial charge in [-0.1, -0.05) is 53.5 Å². The maximum Gasteiger partial charge on any atom is 0.333 e. The van der Waals surface area contributed by atoms with Crippen LogP contribution in [0, 0.1) is 5.92 Å². The molecule has 5 aromatic rings. The number of aromatic nitrogens is 7. The molecular weight excluding hydrogens is 620 g/mol. The van der Waals surface area contributed by atoms with Gasteiger partial charge >= 0.3 is 6.55 Å². The van der Waals surface area contributed by atoms with Crippen molar-refractivity contribution in [3.63, 3.8) is 0 Å². The zero-order valence-corrected chi connectivity index (χ0v) is 24.4.